The van der Waals surface area contributed by atoms with Crippen molar-refractivity contribution in [2.45, 2.75) is 51.2 Å². The molecule has 1 heterocycles. The van der Waals surface area contributed by atoms with Crippen molar-refractivity contribution in [2.75, 3.05) is 0 Å². The molecule has 0 spiro atoms. The van der Waals surface area contributed by atoms with Gasteiger partial charge in [-0.15, -0.1) is 5.10 Å². The Bertz CT molecular complexity index is 435. The Balaban J connectivity index is 2.31. The van der Waals surface area contributed by atoms with Crippen LogP contribution in [0.3, 0.4) is 0 Å². The molecule has 6 nitrogen and oxygen atoms in total. The zero-order chi connectivity index (χ0) is 12.6. The second-order valence-corrected chi connectivity index (χ2v) is 4.91. The first-order chi connectivity index (χ1) is 7.94. The van der Waals surface area contributed by atoms with E-state index in [1.165, 1.54) is 0 Å². The number of hydrogen-bond acceptors (Lipinski definition) is 4. The molecule has 1 aromatic heterocycles. The maximum Gasteiger partial charge on any atom is 0.358 e. The fourth-order valence-electron chi connectivity index (χ4n) is 1.78. The standard InChI is InChI=1S/C11H17N3O3/c1-3-11(2,17)6-14-9(7-4-5-7)8(10(15)16)12-13-14/h7,17H,3-6H2,1-2H3,(H,15,16). The Hall–Kier alpha value is -1.43. The van der Waals surface area contributed by atoms with Gasteiger partial charge in [0, 0.05) is 5.92 Å². The highest BCUT2D eigenvalue weighted by atomic mass is 16.4. The predicted molar refractivity (Wildman–Crippen MR) is 59.9 cm³/mol. The van der Waals surface area contributed by atoms with Gasteiger partial charge in [-0.3, -0.25) is 0 Å². The minimum Gasteiger partial charge on any atom is -0.476 e. The minimum atomic E-state index is -1.05. The average Bonchev–Trinajstić information content (AvgIpc) is 3.00. The summed E-state index contributed by atoms with van der Waals surface area (Å²) < 4.78 is 1.55. The zero-order valence-electron chi connectivity index (χ0n) is 10.1. The summed E-state index contributed by atoms with van der Waals surface area (Å²) in [5.41, 5.74) is -0.196. The predicted octanol–water partition coefficient (Wildman–Crippen LogP) is 1.01. The first kappa shape index (κ1) is 12.0. The molecular weight excluding hydrogens is 222 g/mol. The molecule has 0 saturated heterocycles. The molecule has 2 N–H and O–H groups in total. The number of aromatic carboxylic acids is 1. The topological polar surface area (TPSA) is 88.2 Å². The third-order valence-corrected chi connectivity index (χ3v) is 3.19. The normalized spacial score (nSPS) is 19.0. The number of carboxylic acid groups (broad SMARTS) is 1. The molecule has 2 rings (SSSR count). The van der Waals surface area contributed by atoms with Crippen LogP contribution in [-0.4, -0.2) is 36.8 Å². The van der Waals surface area contributed by atoms with E-state index in [1.807, 2.05) is 6.92 Å². The van der Waals surface area contributed by atoms with Crippen LogP contribution in [0.1, 0.15) is 55.2 Å². The van der Waals surface area contributed by atoms with Crippen LogP contribution in [0.2, 0.25) is 0 Å². The van der Waals surface area contributed by atoms with Crippen LogP contribution in [0.25, 0.3) is 0 Å². The van der Waals surface area contributed by atoms with Crippen molar-refractivity contribution in [1.82, 2.24) is 15.0 Å². The van der Waals surface area contributed by atoms with Gasteiger partial charge < -0.3 is 10.2 Å². The summed E-state index contributed by atoms with van der Waals surface area (Å²) in [6.07, 6.45) is 2.53. The van der Waals surface area contributed by atoms with E-state index in [9.17, 15) is 9.90 Å². The van der Waals surface area contributed by atoms with E-state index in [4.69, 9.17) is 5.11 Å². The fourth-order valence-corrected chi connectivity index (χ4v) is 1.78. The first-order valence-electron chi connectivity index (χ1n) is 5.83. The van der Waals surface area contributed by atoms with Crippen molar-refractivity contribution in [3.05, 3.63) is 11.4 Å². The summed E-state index contributed by atoms with van der Waals surface area (Å²) in [6.45, 7) is 3.88. The van der Waals surface area contributed by atoms with E-state index >= 15 is 0 Å². The lowest BCUT2D eigenvalue weighted by Gasteiger charge is -2.21. The minimum absolute atomic E-state index is 0.0272. The lowest BCUT2D eigenvalue weighted by Crippen LogP contribution is -2.30. The molecule has 1 saturated carbocycles. The SMILES string of the molecule is CCC(C)(O)Cn1nnc(C(=O)O)c1C1CC1. The molecule has 0 bridgehead atoms. The molecule has 1 aliphatic carbocycles. The van der Waals surface area contributed by atoms with Crippen molar-refractivity contribution < 1.29 is 15.0 Å². The molecule has 1 atom stereocenters. The van der Waals surface area contributed by atoms with Gasteiger partial charge in [-0.05, 0) is 26.2 Å². The van der Waals surface area contributed by atoms with Gasteiger partial charge in [0.1, 0.15) is 0 Å². The molecule has 1 aromatic rings. The summed E-state index contributed by atoms with van der Waals surface area (Å²) in [5.74, 6) is -0.807. The van der Waals surface area contributed by atoms with Gasteiger partial charge in [0.25, 0.3) is 0 Å². The van der Waals surface area contributed by atoms with E-state index < -0.39 is 11.6 Å². The van der Waals surface area contributed by atoms with Crippen molar-refractivity contribution in [2.24, 2.45) is 0 Å². The van der Waals surface area contributed by atoms with Crippen LogP contribution < -0.4 is 0 Å². The molecular formula is C11H17N3O3. The van der Waals surface area contributed by atoms with E-state index in [2.05, 4.69) is 10.3 Å². The quantitative estimate of drug-likeness (QED) is 0.800. The van der Waals surface area contributed by atoms with Gasteiger partial charge >= 0.3 is 5.97 Å². The van der Waals surface area contributed by atoms with Gasteiger partial charge in [-0.25, -0.2) is 9.48 Å². The molecule has 0 amide bonds. The molecule has 0 radical (unpaired) electrons. The number of nitrogens with zero attached hydrogens (tertiary/aromatic N) is 3. The van der Waals surface area contributed by atoms with E-state index in [-0.39, 0.29) is 18.2 Å². The van der Waals surface area contributed by atoms with Gasteiger partial charge in [0.05, 0.1) is 17.8 Å². The molecule has 0 aromatic carbocycles. The van der Waals surface area contributed by atoms with Crippen LogP contribution in [-0.2, 0) is 6.54 Å². The monoisotopic (exact) mass is 239 g/mol. The molecule has 94 valence electrons. The maximum atomic E-state index is 11.0. The number of rotatable bonds is 5. The molecule has 0 aliphatic heterocycles. The lowest BCUT2D eigenvalue weighted by molar-refractivity contribution is 0.0330. The first-order valence-corrected chi connectivity index (χ1v) is 5.83. The van der Waals surface area contributed by atoms with E-state index in [0.29, 0.717) is 12.1 Å². The number of hydrogen-bond donors (Lipinski definition) is 2. The van der Waals surface area contributed by atoms with Crippen LogP contribution in [0.5, 0.6) is 0 Å². The van der Waals surface area contributed by atoms with Crippen LogP contribution in [0, 0.1) is 0 Å². The second-order valence-electron chi connectivity index (χ2n) is 4.91. The third-order valence-electron chi connectivity index (χ3n) is 3.19. The highest BCUT2D eigenvalue weighted by molar-refractivity contribution is 5.86. The van der Waals surface area contributed by atoms with Gasteiger partial charge in [0.2, 0.25) is 0 Å². The summed E-state index contributed by atoms with van der Waals surface area (Å²) in [5, 5.41) is 26.6. The smallest absolute Gasteiger partial charge is 0.358 e. The van der Waals surface area contributed by atoms with E-state index in [0.717, 1.165) is 12.8 Å². The van der Waals surface area contributed by atoms with Gasteiger partial charge in [-0.1, -0.05) is 12.1 Å². The van der Waals surface area contributed by atoms with Crippen molar-refractivity contribution in [3.8, 4) is 0 Å². The van der Waals surface area contributed by atoms with Crippen LogP contribution >= 0.6 is 0 Å². The Morgan fingerprint density at radius 3 is 2.71 bits per heavy atom. The summed E-state index contributed by atoms with van der Waals surface area (Å²) >= 11 is 0. The third kappa shape index (κ3) is 2.46. The molecule has 1 unspecified atom stereocenters. The summed E-state index contributed by atoms with van der Waals surface area (Å²) in [6, 6.07) is 0. The van der Waals surface area contributed by atoms with Gasteiger partial charge in [0.15, 0.2) is 5.69 Å². The lowest BCUT2D eigenvalue weighted by atomic mass is 10.0. The fraction of sp³-hybridized carbons (Fsp3) is 0.727. The average molecular weight is 239 g/mol. The molecule has 6 heteroatoms. The zero-order valence-corrected chi connectivity index (χ0v) is 10.1. The largest absolute Gasteiger partial charge is 0.476 e. The maximum absolute atomic E-state index is 11.0. The molecule has 1 fully saturated rings. The number of carbonyl (C=O) groups is 1. The Morgan fingerprint density at radius 1 is 1.59 bits per heavy atom. The number of aliphatic hydroxyl groups is 1. The van der Waals surface area contributed by atoms with Crippen molar-refractivity contribution >= 4 is 5.97 Å². The highest BCUT2D eigenvalue weighted by Crippen LogP contribution is 2.41. The van der Waals surface area contributed by atoms with Crippen LogP contribution in [0.15, 0.2) is 0 Å². The molecule has 1 aliphatic rings. The van der Waals surface area contributed by atoms with Gasteiger partial charge in [-0.2, -0.15) is 0 Å². The van der Waals surface area contributed by atoms with E-state index in [1.54, 1.807) is 11.6 Å². The Morgan fingerprint density at radius 2 is 2.24 bits per heavy atom. The summed E-state index contributed by atoms with van der Waals surface area (Å²) in [4.78, 5) is 11.0. The number of carboxylic acids is 1. The Labute approximate surface area is 99.3 Å². The highest BCUT2D eigenvalue weighted by Gasteiger charge is 2.35. The number of aromatic nitrogens is 3. The van der Waals surface area contributed by atoms with Crippen molar-refractivity contribution in [3.63, 3.8) is 0 Å². The summed E-state index contributed by atoms with van der Waals surface area (Å²) in [7, 11) is 0. The van der Waals surface area contributed by atoms with Crippen molar-refractivity contribution in [1.29, 1.82) is 0 Å². The second kappa shape index (κ2) is 4.10. The Kier molecular flexibility index (Phi) is 2.91. The molecule has 17 heavy (non-hydrogen) atoms. The van der Waals surface area contributed by atoms with Crippen LogP contribution in [0.4, 0.5) is 0 Å².